The van der Waals surface area contributed by atoms with Crippen molar-refractivity contribution in [3.8, 4) is 0 Å². The monoisotopic (exact) mass is 310 g/mol. The maximum absolute atomic E-state index is 9.00. The van der Waals surface area contributed by atoms with Gasteiger partial charge in [0.15, 0.2) is 5.11 Å². The van der Waals surface area contributed by atoms with Gasteiger partial charge in [-0.2, -0.15) is 5.10 Å². The van der Waals surface area contributed by atoms with Crippen molar-refractivity contribution in [3.05, 3.63) is 30.1 Å². The van der Waals surface area contributed by atoms with Crippen molar-refractivity contribution < 1.29 is 14.6 Å². The predicted molar refractivity (Wildman–Crippen MR) is 83.3 cm³/mol. The molecule has 21 heavy (non-hydrogen) atoms. The molecule has 2 N–H and O–H groups in total. The first kappa shape index (κ1) is 17.0. The van der Waals surface area contributed by atoms with E-state index in [-0.39, 0.29) is 0 Å². The Bertz CT molecular complexity index is 472. The van der Waals surface area contributed by atoms with E-state index in [0.717, 1.165) is 38.8 Å². The summed E-state index contributed by atoms with van der Waals surface area (Å²) in [6.07, 6.45) is 5.16. The standard InChI is InChI=1S/C11H14N4OS.C2H4O2/c17-11(15-5-7-16-8-6-15)14-13-9-10-1-3-12-4-2-10;1-2(3)4/h1-4,9H,5-8H2,(H,14,17);1H3,(H,3,4)/b13-9+;. The largest absolute Gasteiger partial charge is 0.481 e. The minimum Gasteiger partial charge on any atom is -0.481 e. The average Bonchev–Trinajstić information content (AvgIpc) is 2.48. The molecule has 0 aliphatic carbocycles. The Labute approximate surface area is 128 Å². The van der Waals surface area contributed by atoms with Gasteiger partial charge in [0.25, 0.3) is 5.97 Å². The van der Waals surface area contributed by atoms with Gasteiger partial charge in [0, 0.05) is 32.4 Å². The van der Waals surface area contributed by atoms with Crippen LogP contribution in [-0.4, -0.2) is 58.6 Å². The van der Waals surface area contributed by atoms with E-state index in [0.29, 0.717) is 5.11 Å². The lowest BCUT2D eigenvalue weighted by atomic mass is 10.3. The first-order chi connectivity index (χ1) is 10.1. The molecule has 1 aliphatic rings. The minimum absolute atomic E-state index is 0.638. The number of aliphatic carboxylic acids is 1. The van der Waals surface area contributed by atoms with Crippen molar-refractivity contribution in [1.29, 1.82) is 0 Å². The van der Waals surface area contributed by atoms with Gasteiger partial charge in [-0.05, 0) is 29.9 Å². The Morgan fingerprint density at radius 1 is 1.48 bits per heavy atom. The van der Waals surface area contributed by atoms with Gasteiger partial charge in [0.1, 0.15) is 0 Å². The highest BCUT2D eigenvalue weighted by Crippen LogP contribution is 1.97. The third-order valence-corrected chi connectivity index (χ3v) is 2.73. The van der Waals surface area contributed by atoms with Crippen molar-refractivity contribution in [3.63, 3.8) is 0 Å². The zero-order chi connectivity index (χ0) is 15.5. The lowest BCUT2D eigenvalue weighted by molar-refractivity contribution is -0.134. The van der Waals surface area contributed by atoms with Crippen LogP contribution in [0.4, 0.5) is 0 Å². The summed E-state index contributed by atoms with van der Waals surface area (Å²) in [4.78, 5) is 15.0. The summed E-state index contributed by atoms with van der Waals surface area (Å²) in [6.45, 7) is 4.15. The van der Waals surface area contributed by atoms with Crippen molar-refractivity contribution in [2.45, 2.75) is 6.92 Å². The number of hydrogen-bond acceptors (Lipinski definition) is 5. The Morgan fingerprint density at radius 2 is 2.05 bits per heavy atom. The van der Waals surface area contributed by atoms with Gasteiger partial charge < -0.3 is 14.7 Å². The molecular formula is C13H18N4O3S. The molecule has 0 amide bonds. The van der Waals surface area contributed by atoms with Gasteiger partial charge in [-0.3, -0.25) is 15.2 Å². The van der Waals surface area contributed by atoms with Gasteiger partial charge in [0.2, 0.25) is 0 Å². The Balaban J connectivity index is 0.000000491. The van der Waals surface area contributed by atoms with E-state index in [2.05, 4.69) is 15.5 Å². The van der Waals surface area contributed by atoms with Gasteiger partial charge in [0.05, 0.1) is 19.4 Å². The van der Waals surface area contributed by atoms with Crippen LogP contribution in [0.2, 0.25) is 0 Å². The molecule has 1 aliphatic heterocycles. The van der Waals surface area contributed by atoms with Crippen LogP contribution in [0.15, 0.2) is 29.6 Å². The number of thiocarbonyl (C=S) groups is 1. The van der Waals surface area contributed by atoms with E-state index in [1.54, 1.807) is 18.6 Å². The molecule has 8 heteroatoms. The lowest BCUT2D eigenvalue weighted by Crippen LogP contribution is -2.44. The van der Waals surface area contributed by atoms with E-state index in [9.17, 15) is 0 Å². The van der Waals surface area contributed by atoms with E-state index in [1.807, 2.05) is 17.0 Å². The number of carboxylic acids is 1. The number of nitrogens with one attached hydrogen (secondary N) is 1. The Kier molecular flexibility index (Phi) is 7.92. The molecule has 0 bridgehead atoms. The van der Waals surface area contributed by atoms with Crippen LogP contribution in [0.5, 0.6) is 0 Å². The fraction of sp³-hybridized carbons (Fsp3) is 0.385. The molecular weight excluding hydrogens is 292 g/mol. The highest BCUT2D eigenvalue weighted by molar-refractivity contribution is 7.80. The molecule has 1 fully saturated rings. The SMILES string of the molecule is CC(=O)O.S=C(N/N=C/c1ccncc1)N1CCOCC1. The molecule has 0 radical (unpaired) electrons. The number of nitrogens with zero attached hydrogens (tertiary/aromatic N) is 3. The van der Waals surface area contributed by atoms with Gasteiger partial charge in [-0.15, -0.1) is 0 Å². The number of ether oxygens (including phenoxy) is 1. The number of hydrogen-bond donors (Lipinski definition) is 2. The van der Waals surface area contributed by atoms with E-state index in [1.165, 1.54) is 0 Å². The highest BCUT2D eigenvalue weighted by atomic mass is 32.1. The summed E-state index contributed by atoms with van der Waals surface area (Å²) in [5.74, 6) is -0.833. The molecule has 7 nitrogen and oxygen atoms in total. The minimum atomic E-state index is -0.833. The molecule has 1 aromatic rings. The second kappa shape index (κ2) is 9.78. The Morgan fingerprint density at radius 3 is 2.62 bits per heavy atom. The van der Waals surface area contributed by atoms with Gasteiger partial charge >= 0.3 is 0 Å². The molecule has 2 rings (SSSR count). The first-order valence-corrected chi connectivity index (χ1v) is 6.75. The number of pyridine rings is 1. The summed E-state index contributed by atoms with van der Waals surface area (Å²) in [6, 6.07) is 3.76. The highest BCUT2D eigenvalue weighted by Gasteiger charge is 2.12. The van der Waals surface area contributed by atoms with E-state index in [4.69, 9.17) is 26.9 Å². The van der Waals surface area contributed by atoms with Crippen molar-refractivity contribution in [2.75, 3.05) is 26.3 Å². The summed E-state index contributed by atoms with van der Waals surface area (Å²) >= 11 is 5.22. The molecule has 1 saturated heterocycles. The number of carbonyl (C=O) groups is 1. The zero-order valence-electron chi connectivity index (χ0n) is 11.7. The maximum atomic E-state index is 9.00. The number of carboxylic acid groups (broad SMARTS) is 1. The smallest absolute Gasteiger partial charge is 0.300 e. The fourth-order valence-electron chi connectivity index (χ4n) is 1.45. The third-order valence-electron chi connectivity index (χ3n) is 2.38. The predicted octanol–water partition coefficient (Wildman–Crippen LogP) is 0.713. The molecule has 1 aromatic heterocycles. The summed E-state index contributed by atoms with van der Waals surface area (Å²) in [5.41, 5.74) is 3.84. The first-order valence-electron chi connectivity index (χ1n) is 6.35. The van der Waals surface area contributed by atoms with Crippen LogP contribution in [-0.2, 0) is 9.53 Å². The van der Waals surface area contributed by atoms with Crippen LogP contribution in [0, 0.1) is 0 Å². The lowest BCUT2D eigenvalue weighted by Gasteiger charge is -2.28. The van der Waals surface area contributed by atoms with Crippen LogP contribution in [0.25, 0.3) is 0 Å². The molecule has 2 heterocycles. The molecule has 0 aromatic carbocycles. The van der Waals surface area contributed by atoms with Crippen LogP contribution in [0.3, 0.4) is 0 Å². The van der Waals surface area contributed by atoms with Gasteiger partial charge in [-0.25, -0.2) is 0 Å². The topological polar surface area (TPSA) is 87.0 Å². The van der Waals surface area contributed by atoms with Crippen molar-refractivity contribution >= 4 is 29.5 Å². The molecule has 0 saturated carbocycles. The molecule has 0 atom stereocenters. The normalized spacial score (nSPS) is 14.2. The summed E-state index contributed by atoms with van der Waals surface area (Å²) in [7, 11) is 0. The van der Waals surface area contributed by atoms with E-state index >= 15 is 0 Å². The van der Waals surface area contributed by atoms with Crippen molar-refractivity contribution in [1.82, 2.24) is 15.3 Å². The summed E-state index contributed by atoms with van der Waals surface area (Å²) in [5, 5.41) is 12.1. The number of hydrazone groups is 1. The van der Waals surface area contributed by atoms with E-state index < -0.39 is 5.97 Å². The second-order valence-electron chi connectivity index (χ2n) is 4.07. The molecule has 0 spiro atoms. The maximum Gasteiger partial charge on any atom is 0.300 e. The second-order valence-corrected chi connectivity index (χ2v) is 4.46. The number of aromatic nitrogens is 1. The number of morpholine rings is 1. The van der Waals surface area contributed by atoms with Crippen LogP contribution in [0.1, 0.15) is 12.5 Å². The van der Waals surface area contributed by atoms with Gasteiger partial charge in [-0.1, -0.05) is 0 Å². The number of rotatable bonds is 2. The fourth-order valence-corrected chi connectivity index (χ4v) is 1.68. The Hall–Kier alpha value is -2.06. The van der Waals surface area contributed by atoms with Crippen molar-refractivity contribution in [2.24, 2.45) is 5.10 Å². The third kappa shape index (κ3) is 7.95. The zero-order valence-corrected chi connectivity index (χ0v) is 12.5. The molecule has 114 valence electrons. The average molecular weight is 310 g/mol. The molecule has 0 unspecified atom stereocenters. The van der Waals surface area contributed by atoms with Crippen LogP contribution >= 0.6 is 12.2 Å². The summed E-state index contributed by atoms with van der Waals surface area (Å²) < 4.78 is 5.25. The van der Waals surface area contributed by atoms with Crippen LogP contribution < -0.4 is 5.43 Å². The quantitative estimate of drug-likeness (QED) is 0.472.